The van der Waals surface area contributed by atoms with E-state index in [1.54, 1.807) is 18.2 Å². The fourth-order valence-corrected chi connectivity index (χ4v) is 3.08. The molecule has 1 fully saturated rings. The summed E-state index contributed by atoms with van der Waals surface area (Å²) in [5, 5.41) is 12.9. The van der Waals surface area contributed by atoms with Gasteiger partial charge in [-0.05, 0) is 43.4 Å². The van der Waals surface area contributed by atoms with Gasteiger partial charge in [0.05, 0.1) is 12.3 Å². The fraction of sp³-hybridized carbons (Fsp3) is 0.467. The molecule has 0 spiro atoms. The number of aliphatic carboxylic acids is 1. The summed E-state index contributed by atoms with van der Waals surface area (Å²) < 4.78 is 0. The summed E-state index contributed by atoms with van der Waals surface area (Å²) in [6.45, 7) is 0. The molecule has 1 aliphatic carbocycles. The van der Waals surface area contributed by atoms with Gasteiger partial charge in [-0.3, -0.25) is 9.59 Å². The third-order valence-corrected chi connectivity index (χ3v) is 4.39. The van der Waals surface area contributed by atoms with Crippen molar-refractivity contribution in [2.75, 3.05) is 0 Å². The smallest absolute Gasteiger partial charge is 0.306 e. The van der Waals surface area contributed by atoms with Crippen LogP contribution in [-0.4, -0.2) is 23.0 Å². The number of carboxylic acid groups (broad SMARTS) is 1. The second-order valence-electron chi connectivity index (χ2n) is 5.37. The maximum atomic E-state index is 12.0. The van der Waals surface area contributed by atoms with Gasteiger partial charge in [0, 0.05) is 16.1 Å². The van der Waals surface area contributed by atoms with E-state index in [0.29, 0.717) is 35.7 Å². The van der Waals surface area contributed by atoms with Gasteiger partial charge < -0.3 is 10.4 Å². The second kappa shape index (κ2) is 7.14. The number of hydrogen-bond donors (Lipinski definition) is 2. The molecule has 1 aromatic rings. The van der Waals surface area contributed by atoms with Crippen molar-refractivity contribution in [1.82, 2.24) is 5.32 Å². The van der Waals surface area contributed by atoms with E-state index in [9.17, 15) is 9.59 Å². The maximum Gasteiger partial charge on any atom is 0.306 e. The highest BCUT2D eigenvalue weighted by molar-refractivity contribution is 6.35. The van der Waals surface area contributed by atoms with Gasteiger partial charge in [0.1, 0.15) is 0 Å². The van der Waals surface area contributed by atoms with Crippen molar-refractivity contribution in [3.8, 4) is 0 Å². The van der Waals surface area contributed by atoms with Crippen LogP contribution in [0.3, 0.4) is 0 Å². The van der Waals surface area contributed by atoms with Crippen LogP contribution in [0.15, 0.2) is 18.2 Å². The molecule has 0 bridgehead atoms. The molecule has 1 saturated carbocycles. The van der Waals surface area contributed by atoms with E-state index >= 15 is 0 Å². The predicted molar refractivity (Wildman–Crippen MR) is 81.7 cm³/mol. The molecule has 114 valence electrons. The van der Waals surface area contributed by atoms with Gasteiger partial charge in [-0.2, -0.15) is 0 Å². The fourth-order valence-electron chi connectivity index (χ4n) is 2.60. The lowest BCUT2D eigenvalue weighted by atomic mass is 9.86. The van der Waals surface area contributed by atoms with Gasteiger partial charge in [0.25, 0.3) is 0 Å². The quantitative estimate of drug-likeness (QED) is 0.890. The Bertz CT molecular complexity index is 540. The van der Waals surface area contributed by atoms with E-state index in [-0.39, 0.29) is 24.3 Å². The van der Waals surface area contributed by atoms with Crippen molar-refractivity contribution in [1.29, 1.82) is 0 Å². The Morgan fingerprint density at radius 1 is 1.19 bits per heavy atom. The van der Waals surface area contributed by atoms with Crippen LogP contribution < -0.4 is 5.32 Å². The maximum absolute atomic E-state index is 12.0. The number of carboxylic acids is 1. The largest absolute Gasteiger partial charge is 0.481 e. The van der Waals surface area contributed by atoms with Gasteiger partial charge in [0.15, 0.2) is 0 Å². The third kappa shape index (κ3) is 4.61. The molecule has 1 amide bonds. The second-order valence-corrected chi connectivity index (χ2v) is 6.21. The average Bonchev–Trinajstić information content (AvgIpc) is 2.42. The predicted octanol–water partition coefficient (Wildman–Crippen LogP) is 3.30. The van der Waals surface area contributed by atoms with E-state index < -0.39 is 5.97 Å². The molecule has 0 atom stereocenters. The van der Waals surface area contributed by atoms with Gasteiger partial charge in [-0.1, -0.05) is 29.3 Å². The van der Waals surface area contributed by atoms with E-state index in [1.807, 2.05) is 0 Å². The zero-order valence-corrected chi connectivity index (χ0v) is 13.0. The standard InChI is InChI=1S/C15H17Cl2NO3/c16-11-4-1-10(13(17)8-11)7-14(19)18-12-5-2-9(3-6-12)15(20)21/h1,4,8-9,12H,2-3,5-7H2,(H,18,19)(H,20,21). The number of benzene rings is 1. The Kier molecular flexibility index (Phi) is 5.48. The van der Waals surface area contributed by atoms with E-state index in [1.165, 1.54) is 0 Å². The molecule has 0 aromatic heterocycles. The Morgan fingerprint density at radius 3 is 2.43 bits per heavy atom. The average molecular weight is 330 g/mol. The van der Waals surface area contributed by atoms with E-state index in [0.717, 1.165) is 5.56 Å². The van der Waals surface area contributed by atoms with Crippen LogP contribution in [-0.2, 0) is 16.0 Å². The highest BCUT2D eigenvalue weighted by atomic mass is 35.5. The minimum Gasteiger partial charge on any atom is -0.481 e. The lowest BCUT2D eigenvalue weighted by Crippen LogP contribution is -2.39. The lowest BCUT2D eigenvalue weighted by molar-refractivity contribution is -0.142. The number of hydrogen-bond acceptors (Lipinski definition) is 2. The molecule has 4 nitrogen and oxygen atoms in total. The molecule has 0 radical (unpaired) electrons. The van der Waals surface area contributed by atoms with Crippen molar-refractivity contribution in [2.24, 2.45) is 5.92 Å². The number of rotatable bonds is 4. The highest BCUT2D eigenvalue weighted by Gasteiger charge is 2.26. The molecule has 0 saturated heterocycles. The zero-order chi connectivity index (χ0) is 15.4. The first-order chi connectivity index (χ1) is 9.95. The van der Waals surface area contributed by atoms with Crippen LogP contribution >= 0.6 is 23.2 Å². The molecular weight excluding hydrogens is 313 g/mol. The first-order valence-corrected chi connectivity index (χ1v) is 7.67. The molecule has 1 aliphatic rings. The summed E-state index contributed by atoms with van der Waals surface area (Å²) in [4.78, 5) is 22.9. The molecule has 21 heavy (non-hydrogen) atoms. The van der Waals surface area contributed by atoms with E-state index in [2.05, 4.69) is 5.32 Å². The van der Waals surface area contributed by atoms with Crippen molar-refractivity contribution in [3.63, 3.8) is 0 Å². The van der Waals surface area contributed by atoms with Crippen LogP contribution in [0, 0.1) is 5.92 Å². The monoisotopic (exact) mass is 329 g/mol. The first-order valence-electron chi connectivity index (χ1n) is 6.92. The molecule has 1 aromatic carbocycles. The molecule has 2 rings (SSSR count). The molecule has 0 heterocycles. The highest BCUT2D eigenvalue weighted by Crippen LogP contribution is 2.25. The number of halogens is 2. The molecule has 6 heteroatoms. The van der Waals surface area contributed by atoms with Gasteiger partial charge >= 0.3 is 5.97 Å². The third-order valence-electron chi connectivity index (χ3n) is 3.81. The van der Waals surface area contributed by atoms with Crippen molar-refractivity contribution < 1.29 is 14.7 Å². The Balaban J connectivity index is 1.84. The molecular formula is C15H17Cl2NO3. The zero-order valence-electron chi connectivity index (χ0n) is 11.4. The minimum atomic E-state index is -0.743. The summed E-state index contributed by atoms with van der Waals surface area (Å²) >= 11 is 11.9. The van der Waals surface area contributed by atoms with Crippen molar-refractivity contribution >= 4 is 35.1 Å². The summed E-state index contributed by atoms with van der Waals surface area (Å²) in [6, 6.07) is 5.11. The number of nitrogens with one attached hydrogen (secondary N) is 1. The normalized spacial score (nSPS) is 21.8. The van der Waals surface area contributed by atoms with Crippen LogP contribution in [0.5, 0.6) is 0 Å². The number of carbonyl (C=O) groups excluding carboxylic acids is 1. The number of carbonyl (C=O) groups is 2. The molecule has 0 unspecified atom stereocenters. The van der Waals surface area contributed by atoms with Gasteiger partial charge in [0.2, 0.25) is 5.91 Å². The number of amides is 1. The van der Waals surface area contributed by atoms with E-state index in [4.69, 9.17) is 28.3 Å². The van der Waals surface area contributed by atoms with Crippen molar-refractivity contribution in [2.45, 2.75) is 38.1 Å². The van der Waals surface area contributed by atoms with Crippen LogP contribution in [0.4, 0.5) is 0 Å². The van der Waals surface area contributed by atoms with Crippen LogP contribution in [0.25, 0.3) is 0 Å². The lowest BCUT2D eigenvalue weighted by Gasteiger charge is -2.26. The summed E-state index contributed by atoms with van der Waals surface area (Å²) in [5.41, 5.74) is 0.734. The molecule has 2 N–H and O–H groups in total. The van der Waals surface area contributed by atoms with Gasteiger partial charge in [-0.15, -0.1) is 0 Å². The minimum absolute atomic E-state index is 0.0548. The van der Waals surface area contributed by atoms with Crippen LogP contribution in [0.2, 0.25) is 10.0 Å². The SMILES string of the molecule is O=C(Cc1ccc(Cl)cc1Cl)NC1CCC(C(=O)O)CC1. The summed E-state index contributed by atoms with van der Waals surface area (Å²) in [6.07, 6.45) is 2.84. The Labute approximate surface area is 133 Å². The molecule has 0 aliphatic heterocycles. The van der Waals surface area contributed by atoms with Crippen molar-refractivity contribution in [3.05, 3.63) is 33.8 Å². The summed E-state index contributed by atoms with van der Waals surface area (Å²) in [7, 11) is 0. The Morgan fingerprint density at radius 2 is 1.86 bits per heavy atom. The summed E-state index contributed by atoms with van der Waals surface area (Å²) in [5.74, 6) is -1.12. The topological polar surface area (TPSA) is 66.4 Å². The van der Waals surface area contributed by atoms with Gasteiger partial charge in [-0.25, -0.2) is 0 Å². The Hall–Kier alpha value is -1.26. The van der Waals surface area contributed by atoms with Crippen LogP contribution in [0.1, 0.15) is 31.2 Å². The first kappa shape index (κ1) is 16.1.